The van der Waals surface area contributed by atoms with Crippen LogP contribution >= 0.6 is 0 Å². The van der Waals surface area contributed by atoms with Crippen LogP contribution in [-0.4, -0.2) is 20.8 Å². The predicted octanol–water partition coefficient (Wildman–Crippen LogP) is 2.80. The monoisotopic (exact) mass is 234 g/mol. The highest BCUT2D eigenvalue weighted by Crippen LogP contribution is 2.30. The third-order valence-corrected chi connectivity index (χ3v) is 2.46. The lowest BCUT2D eigenvalue weighted by Crippen LogP contribution is -2.01. The maximum absolute atomic E-state index is 5.57. The summed E-state index contributed by atoms with van der Waals surface area (Å²) in [5.74, 6) is 7.10. The Morgan fingerprint density at radius 2 is 1.88 bits per heavy atom. The summed E-state index contributed by atoms with van der Waals surface area (Å²) < 4.78 is 16.0. The first-order valence-electron chi connectivity index (χ1n) is 5.46. The van der Waals surface area contributed by atoms with Gasteiger partial charge in [0.2, 0.25) is 0 Å². The third kappa shape index (κ3) is 3.69. The summed E-state index contributed by atoms with van der Waals surface area (Å²) in [4.78, 5) is 0. The van der Waals surface area contributed by atoms with Crippen molar-refractivity contribution >= 4 is 0 Å². The van der Waals surface area contributed by atoms with E-state index < -0.39 is 0 Å². The van der Waals surface area contributed by atoms with Crippen LogP contribution in [0.15, 0.2) is 18.2 Å². The van der Waals surface area contributed by atoms with Crippen molar-refractivity contribution in [2.24, 2.45) is 0 Å². The van der Waals surface area contributed by atoms with E-state index in [2.05, 4.69) is 11.8 Å². The zero-order chi connectivity index (χ0) is 12.7. The van der Waals surface area contributed by atoms with Gasteiger partial charge in [0.1, 0.15) is 6.61 Å². The second-order valence-corrected chi connectivity index (χ2v) is 3.49. The molecule has 0 aliphatic heterocycles. The van der Waals surface area contributed by atoms with E-state index in [0.717, 1.165) is 11.3 Å². The van der Waals surface area contributed by atoms with Gasteiger partial charge in [-0.2, -0.15) is 0 Å². The summed E-state index contributed by atoms with van der Waals surface area (Å²) in [7, 11) is 3.24. The summed E-state index contributed by atoms with van der Waals surface area (Å²) in [5.41, 5.74) is 1.04. The fourth-order valence-corrected chi connectivity index (χ4v) is 1.44. The summed E-state index contributed by atoms with van der Waals surface area (Å²) in [6.07, 6.45) is -0.0179. The lowest BCUT2D eigenvalue weighted by Gasteiger charge is -2.14. The highest BCUT2D eigenvalue weighted by atomic mass is 16.5. The second-order valence-electron chi connectivity index (χ2n) is 3.49. The summed E-state index contributed by atoms with van der Waals surface area (Å²) in [6.45, 7) is 4.22. The van der Waals surface area contributed by atoms with Crippen LogP contribution in [0.25, 0.3) is 0 Å². The third-order valence-electron chi connectivity index (χ3n) is 2.46. The lowest BCUT2D eigenvalue weighted by molar-refractivity contribution is 0.0923. The highest BCUT2D eigenvalue weighted by molar-refractivity contribution is 5.43. The van der Waals surface area contributed by atoms with Crippen LogP contribution < -0.4 is 9.47 Å². The quantitative estimate of drug-likeness (QED) is 0.733. The first-order chi connectivity index (χ1) is 8.22. The average Bonchev–Trinajstić information content (AvgIpc) is 2.38. The summed E-state index contributed by atoms with van der Waals surface area (Å²) in [5, 5.41) is 0. The van der Waals surface area contributed by atoms with Gasteiger partial charge in [-0.15, -0.1) is 5.92 Å². The van der Waals surface area contributed by atoms with Crippen LogP contribution in [0.5, 0.6) is 11.5 Å². The number of rotatable bonds is 5. The van der Waals surface area contributed by atoms with Crippen LogP contribution in [0.2, 0.25) is 0 Å². The minimum Gasteiger partial charge on any atom is -0.493 e. The largest absolute Gasteiger partial charge is 0.493 e. The zero-order valence-electron chi connectivity index (χ0n) is 10.7. The van der Waals surface area contributed by atoms with Crippen molar-refractivity contribution in [2.45, 2.75) is 20.0 Å². The van der Waals surface area contributed by atoms with E-state index in [1.54, 1.807) is 21.1 Å². The molecule has 1 rings (SSSR count). The topological polar surface area (TPSA) is 27.7 Å². The molecule has 0 radical (unpaired) electrons. The summed E-state index contributed by atoms with van der Waals surface area (Å²) in [6, 6.07) is 5.76. The van der Waals surface area contributed by atoms with Crippen molar-refractivity contribution < 1.29 is 14.2 Å². The Balaban J connectivity index is 2.79. The minimum atomic E-state index is -0.0179. The average molecular weight is 234 g/mol. The normalized spacial score (nSPS) is 11.3. The predicted molar refractivity (Wildman–Crippen MR) is 67.4 cm³/mol. The maximum atomic E-state index is 5.57. The van der Waals surface area contributed by atoms with E-state index in [1.165, 1.54) is 0 Å². The smallest absolute Gasteiger partial charge is 0.161 e. The number of ether oxygens (including phenoxy) is 3. The lowest BCUT2D eigenvalue weighted by atomic mass is 10.1. The van der Waals surface area contributed by atoms with Crippen molar-refractivity contribution in [1.82, 2.24) is 0 Å². The van der Waals surface area contributed by atoms with Crippen LogP contribution in [-0.2, 0) is 4.74 Å². The second kappa shape index (κ2) is 6.82. The number of hydrogen-bond acceptors (Lipinski definition) is 3. The van der Waals surface area contributed by atoms with Gasteiger partial charge in [-0.25, -0.2) is 0 Å². The van der Waals surface area contributed by atoms with Crippen LogP contribution in [0.1, 0.15) is 25.5 Å². The van der Waals surface area contributed by atoms with Crippen LogP contribution in [0, 0.1) is 11.8 Å². The van der Waals surface area contributed by atoms with Crippen LogP contribution in [0.3, 0.4) is 0 Å². The van der Waals surface area contributed by atoms with Gasteiger partial charge in [0.05, 0.1) is 20.3 Å². The standard InChI is InChI=1S/C14H18O3/c1-5-6-9-17-11(2)12-7-8-13(15-3)14(10-12)16-4/h7-8,10-11H,9H2,1-4H3/t11-/m0/s1. The van der Waals surface area contributed by atoms with Gasteiger partial charge in [-0.1, -0.05) is 12.0 Å². The molecule has 1 atom stereocenters. The molecule has 3 nitrogen and oxygen atoms in total. The summed E-state index contributed by atoms with van der Waals surface area (Å²) >= 11 is 0. The van der Waals surface area contributed by atoms with E-state index in [0.29, 0.717) is 12.4 Å². The Hall–Kier alpha value is -1.66. The van der Waals surface area contributed by atoms with Gasteiger partial charge in [0.15, 0.2) is 11.5 Å². The van der Waals surface area contributed by atoms with E-state index >= 15 is 0 Å². The van der Waals surface area contributed by atoms with E-state index in [-0.39, 0.29) is 6.10 Å². The molecule has 0 unspecified atom stereocenters. The Bertz CT molecular complexity index is 415. The Morgan fingerprint density at radius 3 is 2.47 bits per heavy atom. The van der Waals surface area contributed by atoms with E-state index in [9.17, 15) is 0 Å². The van der Waals surface area contributed by atoms with Crippen molar-refractivity contribution in [3.8, 4) is 23.3 Å². The Kier molecular flexibility index (Phi) is 5.38. The molecule has 0 heterocycles. The maximum Gasteiger partial charge on any atom is 0.161 e. The molecule has 0 saturated heterocycles. The first-order valence-corrected chi connectivity index (χ1v) is 5.46. The fourth-order valence-electron chi connectivity index (χ4n) is 1.44. The number of benzene rings is 1. The van der Waals surface area contributed by atoms with Gasteiger partial charge >= 0.3 is 0 Å². The SMILES string of the molecule is CC#CCO[C@@H](C)c1ccc(OC)c(OC)c1. The highest BCUT2D eigenvalue weighted by Gasteiger charge is 2.09. The molecule has 0 aliphatic carbocycles. The molecule has 0 bridgehead atoms. The fraction of sp³-hybridized carbons (Fsp3) is 0.429. The Morgan fingerprint density at radius 1 is 1.18 bits per heavy atom. The molecule has 0 amide bonds. The molecule has 92 valence electrons. The van der Waals surface area contributed by atoms with Gasteiger partial charge in [0.25, 0.3) is 0 Å². The molecular weight excluding hydrogens is 216 g/mol. The van der Waals surface area contributed by atoms with Gasteiger partial charge in [0, 0.05) is 0 Å². The molecule has 0 aliphatic rings. The van der Waals surface area contributed by atoms with Crippen LogP contribution in [0.4, 0.5) is 0 Å². The molecule has 0 aromatic heterocycles. The van der Waals surface area contributed by atoms with Crippen molar-refractivity contribution in [3.05, 3.63) is 23.8 Å². The first kappa shape index (κ1) is 13.4. The van der Waals surface area contributed by atoms with Gasteiger partial charge in [-0.05, 0) is 31.5 Å². The molecular formula is C14H18O3. The number of hydrogen-bond donors (Lipinski definition) is 0. The Labute approximate surface area is 103 Å². The number of methoxy groups -OCH3 is 2. The molecule has 0 N–H and O–H groups in total. The molecule has 0 spiro atoms. The van der Waals surface area contributed by atoms with Crippen molar-refractivity contribution in [2.75, 3.05) is 20.8 Å². The molecule has 17 heavy (non-hydrogen) atoms. The van der Waals surface area contributed by atoms with Crippen molar-refractivity contribution in [3.63, 3.8) is 0 Å². The molecule has 0 fully saturated rings. The minimum absolute atomic E-state index is 0.0179. The molecule has 0 saturated carbocycles. The van der Waals surface area contributed by atoms with Gasteiger partial charge in [-0.3, -0.25) is 0 Å². The molecule has 1 aromatic rings. The molecule has 1 aromatic carbocycles. The van der Waals surface area contributed by atoms with E-state index in [1.807, 2.05) is 25.1 Å². The van der Waals surface area contributed by atoms with E-state index in [4.69, 9.17) is 14.2 Å². The van der Waals surface area contributed by atoms with Gasteiger partial charge < -0.3 is 14.2 Å². The molecule has 3 heteroatoms. The van der Waals surface area contributed by atoms with Crippen molar-refractivity contribution in [1.29, 1.82) is 0 Å². The zero-order valence-corrected chi connectivity index (χ0v) is 10.7.